The van der Waals surface area contributed by atoms with Gasteiger partial charge in [0.2, 0.25) is 0 Å². The average Bonchev–Trinajstić information content (AvgIpc) is 3.86. The van der Waals surface area contributed by atoms with Gasteiger partial charge in [0.1, 0.15) is 0 Å². The van der Waals surface area contributed by atoms with Gasteiger partial charge in [-0.05, 0) is 156 Å². The third-order valence-electron chi connectivity index (χ3n) is 14.6. The molecule has 0 fully saturated rings. The smallest absolute Gasteiger partial charge is 0.0541 e. The quantitative estimate of drug-likeness (QED) is 0.148. The maximum Gasteiger partial charge on any atom is 0.0541 e. The standard InChI is InChI=1S/C67H48N2/c1-67(2)63-21-10-8-19-59(63)60-39-38-58(44-64(60)67)68(56-34-29-49(30-35-56)53-24-23-46-15-6-7-16-50(46)42-53)55-32-27-48(28-33-55)51-17-12-18-52(41-51)54-31-40-66-62(43-54)61-20-9-11-22-65(61)69(66)57-36-25-47(26-37-57)45-13-4-3-5-14-45/h3-44H,1-2H3. The lowest BCUT2D eigenvalue weighted by molar-refractivity contribution is 0.660. The molecule has 0 spiro atoms. The Hall–Kier alpha value is -8.72. The van der Waals surface area contributed by atoms with E-state index in [9.17, 15) is 0 Å². The molecule has 0 unspecified atom stereocenters. The van der Waals surface area contributed by atoms with E-state index in [-0.39, 0.29) is 5.41 Å². The first-order chi connectivity index (χ1) is 33.9. The number of para-hydroxylation sites is 1. The van der Waals surface area contributed by atoms with Crippen molar-refractivity contribution >= 4 is 49.6 Å². The molecule has 1 heterocycles. The van der Waals surface area contributed by atoms with E-state index >= 15 is 0 Å². The fourth-order valence-electron chi connectivity index (χ4n) is 11.0. The van der Waals surface area contributed by atoms with Crippen LogP contribution in [0.15, 0.2) is 255 Å². The Morgan fingerprint density at radius 2 is 0.812 bits per heavy atom. The van der Waals surface area contributed by atoms with E-state index in [0.717, 1.165) is 22.7 Å². The van der Waals surface area contributed by atoms with Crippen LogP contribution in [0.5, 0.6) is 0 Å². The number of benzene rings is 11. The summed E-state index contributed by atoms with van der Waals surface area (Å²) >= 11 is 0. The first-order valence-electron chi connectivity index (χ1n) is 24.0. The van der Waals surface area contributed by atoms with Crippen molar-refractivity contribution in [2.75, 3.05) is 4.90 Å². The van der Waals surface area contributed by atoms with Crippen LogP contribution in [0.1, 0.15) is 25.0 Å². The second kappa shape index (κ2) is 16.3. The molecule has 0 atom stereocenters. The molecule has 0 aliphatic heterocycles. The second-order valence-corrected chi connectivity index (χ2v) is 19.0. The molecule has 0 amide bonds. The number of nitrogens with zero attached hydrogens (tertiary/aromatic N) is 2. The van der Waals surface area contributed by atoms with E-state index in [0.29, 0.717) is 0 Å². The van der Waals surface area contributed by atoms with Crippen molar-refractivity contribution in [2.45, 2.75) is 19.3 Å². The summed E-state index contributed by atoms with van der Waals surface area (Å²) < 4.78 is 2.40. The minimum atomic E-state index is -0.112. The molecular formula is C67H48N2. The van der Waals surface area contributed by atoms with E-state index in [2.05, 4.69) is 278 Å². The predicted molar refractivity (Wildman–Crippen MR) is 292 cm³/mol. The van der Waals surface area contributed by atoms with Crippen molar-refractivity contribution in [2.24, 2.45) is 0 Å². The lowest BCUT2D eigenvalue weighted by Gasteiger charge is -2.28. The van der Waals surface area contributed by atoms with Gasteiger partial charge in [-0.3, -0.25) is 0 Å². The summed E-state index contributed by atoms with van der Waals surface area (Å²) in [6, 6.07) is 93.6. The molecule has 69 heavy (non-hydrogen) atoms. The fourth-order valence-corrected chi connectivity index (χ4v) is 11.0. The third kappa shape index (κ3) is 6.95. The Bertz CT molecular complexity index is 3890. The zero-order chi connectivity index (χ0) is 46.1. The molecule has 0 saturated heterocycles. The number of anilines is 3. The Balaban J connectivity index is 0.847. The number of hydrogen-bond donors (Lipinski definition) is 0. The van der Waals surface area contributed by atoms with Crippen LogP contribution in [0, 0.1) is 0 Å². The van der Waals surface area contributed by atoms with Crippen LogP contribution >= 0.6 is 0 Å². The van der Waals surface area contributed by atoms with Gasteiger partial charge < -0.3 is 9.47 Å². The summed E-state index contributed by atoms with van der Waals surface area (Å²) in [4.78, 5) is 2.41. The lowest BCUT2D eigenvalue weighted by atomic mass is 9.82. The zero-order valence-electron chi connectivity index (χ0n) is 38.6. The fraction of sp³-hybridized carbons (Fsp3) is 0.0448. The molecule has 13 rings (SSSR count). The molecule has 1 aromatic heterocycles. The molecule has 0 saturated carbocycles. The molecule has 0 bridgehead atoms. The maximum absolute atomic E-state index is 2.42. The summed E-state index contributed by atoms with van der Waals surface area (Å²) in [7, 11) is 0. The van der Waals surface area contributed by atoms with Crippen LogP contribution < -0.4 is 4.90 Å². The number of hydrogen-bond acceptors (Lipinski definition) is 1. The molecule has 1 aliphatic rings. The van der Waals surface area contributed by atoms with Gasteiger partial charge in [0, 0.05) is 38.9 Å². The Labute approximate surface area is 403 Å². The van der Waals surface area contributed by atoms with Crippen LogP contribution in [0.4, 0.5) is 17.1 Å². The Morgan fingerprint density at radius 3 is 1.58 bits per heavy atom. The van der Waals surface area contributed by atoms with Gasteiger partial charge in [0.05, 0.1) is 11.0 Å². The molecule has 2 heteroatoms. The van der Waals surface area contributed by atoms with Crippen molar-refractivity contribution in [1.29, 1.82) is 0 Å². The van der Waals surface area contributed by atoms with Gasteiger partial charge in [0.25, 0.3) is 0 Å². The highest BCUT2D eigenvalue weighted by Gasteiger charge is 2.35. The summed E-state index contributed by atoms with van der Waals surface area (Å²) in [5.74, 6) is 0. The Kier molecular flexibility index (Phi) is 9.55. The lowest BCUT2D eigenvalue weighted by Crippen LogP contribution is -2.16. The highest BCUT2D eigenvalue weighted by Crippen LogP contribution is 2.51. The monoisotopic (exact) mass is 880 g/mol. The summed E-state index contributed by atoms with van der Waals surface area (Å²) in [6.07, 6.45) is 0. The van der Waals surface area contributed by atoms with E-state index < -0.39 is 0 Å². The van der Waals surface area contributed by atoms with Crippen LogP contribution in [-0.4, -0.2) is 4.57 Å². The summed E-state index contributed by atoms with van der Waals surface area (Å²) in [6.45, 7) is 4.71. The molecule has 12 aromatic rings. The largest absolute Gasteiger partial charge is 0.310 e. The molecular weight excluding hydrogens is 833 g/mol. The SMILES string of the molecule is CC1(C)c2ccccc2-c2ccc(N(c3ccc(-c4cccc(-c5ccc6c(c5)c5ccccc5n6-c5ccc(-c6ccccc6)cc5)c4)cc3)c3ccc(-c4ccc5ccccc5c4)cc3)cc21. The molecule has 1 aliphatic carbocycles. The summed E-state index contributed by atoms with van der Waals surface area (Å²) in [5, 5.41) is 5.00. The molecule has 0 radical (unpaired) electrons. The molecule has 2 nitrogen and oxygen atoms in total. The van der Waals surface area contributed by atoms with E-state index in [1.807, 2.05) is 0 Å². The van der Waals surface area contributed by atoms with E-state index in [1.54, 1.807) is 0 Å². The number of rotatable bonds is 8. The van der Waals surface area contributed by atoms with Crippen molar-refractivity contribution in [3.05, 3.63) is 266 Å². The van der Waals surface area contributed by atoms with Gasteiger partial charge in [-0.15, -0.1) is 0 Å². The first kappa shape index (κ1) is 40.5. The number of fused-ring (bicyclic) bond motifs is 7. The second-order valence-electron chi connectivity index (χ2n) is 19.0. The van der Waals surface area contributed by atoms with Crippen LogP contribution in [0.25, 0.3) is 93.9 Å². The highest BCUT2D eigenvalue weighted by molar-refractivity contribution is 6.10. The van der Waals surface area contributed by atoms with Crippen molar-refractivity contribution < 1.29 is 0 Å². The van der Waals surface area contributed by atoms with Gasteiger partial charge in [-0.25, -0.2) is 0 Å². The van der Waals surface area contributed by atoms with Crippen LogP contribution in [0.2, 0.25) is 0 Å². The van der Waals surface area contributed by atoms with Crippen LogP contribution in [-0.2, 0) is 5.41 Å². The van der Waals surface area contributed by atoms with Crippen molar-refractivity contribution in [3.8, 4) is 61.3 Å². The van der Waals surface area contributed by atoms with Gasteiger partial charge in [-0.1, -0.05) is 190 Å². The molecule has 11 aromatic carbocycles. The highest BCUT2D eigenvalue weighted by atomic mass is 15.1. The first-order valence-corrected chi connectivity index (χ1v) is 24.0. The van der Waals surface area contributed by atoms with E-state index in [1.165, 1.54) is 99.3 Å². The zero-order valence-corrected chi connectivity index (χ0v) is 38.6. The maximum atomic E-state index is 2.42. The van der Waals surface area contributed by atoms with Crippen molar-refractivity contribution in [3.63, 3.8) is 0 Å². The molecule has 326 valence electrons. The van der Waals surface area contributed by atoms with E-state index in [4.69, 9.17) is 0 Å². The summed E-state index contributed by atoms with van der Waals surface area (Å²) in [5.41, 5.74) is 21.8. The third-order valence-corrected chi connectivity index (χ3v) is 14.6. The number of aromatic nitrogens is 1. The Morgan fingerprint density at radius 1 is 0.304 bits per heavy atom. The van der Waals surface area contributed by atoms with Gasteiger partial charge >= 0.3 is 0 Å². The minimum Gasteiger partial charge on any atom is -0.310 e. The minimum absolute atomic E-state index is 0.112. The predicted octanol–water partition coefficient (Wildman–Crippen LogP) is 18.4. The van der Waals surface area contributed by atoms with Crippen LogP contribution in [0.3, 0.4) is 0 Å². The average molecular weight is 881 g/mol. The molecule has 0 N–H and O–H groups in total. The van der Waals surface area contributed by atoms with Crippen molar-refractivity contribution in [1.82, 2.24) is 4.57 Å². The van der Waals surface area contributed by atoms with Gasteiger partial charge in [0.15, 0.2) is 0 Å². The normalized spacial score (nSPS) is 12.6. The topological polar surface area (TPSA) is 8.17 Å². The van der Waals surface area contributed by atoms with Gasteiger partial charge in [-0.2, -0.15) is 0 Å².